The van der Waals surface area contributed by atoms with Gasteiger partial charge in [0, 0.05) is 52.0 Å². The first kappa shape index (κ1) is 80.3. The van der Waals surface area contributed by atoms with E-state index in [0.717, 1.165) is 137 Å². The van der Waals surface area contributed by atoms with Gasteiger partial charge in [-0.3, -0.25) is 14.7 Å². The highest BCUT2D eigenvalue weighted by molar-refractivity contribution is 8.00. The molecule has 0 N–H and O–H groups in total. The van der Waals surface area contributed by atoms with Gasteiger partial charge in [-0.05, 0) is 250 Å². The molecule has 0 saturated carbocycles. The van der Waals surface area contributed by atoms with Crippen LogP contribution in [0.3, 0.4) is 0 Å². The molecule has 12 nitrogen and oxygen atoms in total. The number of benzene rings is 18. The summed E-state index contributed by atoms with van der Waals surface area (Å²) in [6.07, 6.45) is 0. The van der Waals surface area contributed by atoms with Crippen LogP contribution in [0.5, 0.6) is 69.0 Å². The molecular weight excluding hydrogens is 1690 g/mol. The number of anilines is 15. The third-order valence-corrected chi connectivity index (χ3v) is 29.5. The molecule has 30 rings (SSSR count). The molecule has 648 valence electrons. The van der Waals surface area contributed by atoms with Gasteiger partial charge in [-0.2, -0.15) is 0 Å². The monoisotopic (exact) mass is 1770 g/mol. The van der Waals surface area contributed by atoms with Crippen LogP contribution in [0.25, 0.3) is 38.1 Å². The quantitative estimate of drug-likeness (QED) is 0.145. The third kappa shape index (κ3) is 12.6. The Bertz CT molecular complexity index is 7890. The summed E-state index contributed by atoms with van der Waals surface area (Å²) in [6, 6.07) is 127. The number of aromatic nitrogens is 1. The van der Waals surface area contributed by atoms with Gasteiger partial charge in [-0.1, -0.05) is 263 Å². The van der Waals surface area contributed by atoms with Gasteiger partial charge in [-0.15, -0.1) is 0 Å². The van der Waals surface area contributed by atoms with Crippen molar-refractivity contribution in [2.75, 3.05) is 24.5 Å². The lowest BCUT2D eigenvalue weighted by molar-refractivity contribution is 0.443. The Hall–Kier alpha value is -15.7. The Morgan fingerprint density at radius 3 is 1.13 bits per heavy atom. The molecule has 0 bridgehead atoms. The fourth-order valence-electron chi connectivity index (χ4n) is 21.2. The number of ether oxygens (including phenoxy) is 6. The Morgan fingerprint density at radius 2 is 0.567 bits per heavy atom. The van der Waals surface area contributed by atoms with E-state index in [9.17, 15) is 0 Å². The first-order valence-corrected chi connectivity index (χ1v) is 47.3. The first-order valence-electron chi connectivity index (χ1n) is 45.7. The van der Waals surface area contributed by atoms with E-state index in [1.54, 1.807) is 0 Å². The summed E-state index contributed by atoms with van der Waals surface area (Å²) in [5, 5.41) is 5.41. The maximum atomic E-state index is 6.15. The summed E-state index contributed by atoms with van der Waals surface area (Å²) < 4.78 is 39.0. The van der Waals surface area contributed by atoms with Crippen molar-refractivity contribution in [2.45, 2.75) is 99.6 Å². The van der Waals surface area contributed by atoms with Gasteiger partial charge < -0.3 is 42.6 Å². The van der Waals surface area contributed by atoms with Gasteiger partial charge >= 0.3 is 0 Å². The Labute approximate surface area is 787 Å². The average molecular weight is 1780 g/mol. The van der Waals surface area contributed by atoms with Crippen molar-refractivity contribution in [1.29, 1.82) is 0 Å². The largest absolute Gasteiger partial charge is 0.453 e. The first-order chi connectivity index (χ1) is 65.4. The second-order valence-corrected chi connectivity index (χ2v) is 38.8. The van der Waals surface area contributed by atoms with Crippen LogP contribution in [-0.2, 0) is 10.8 Å². The molecule has 0 fully saturated rings. The summed E-state index contributed by atoms with van der Waals surface area (Å²) >= 11 is 3.77. The van der Waals surface area contributed by atoms with Crippen LogP contribution in [0.4, 0.5) is 85.3 Å². The summed E-state index contributed by atoms with van der Waals surface area (Å²) in [4.78, 5) is 17.0. The summed E-state index contributed by atoms with van der Waals surface area (Å²) in [7, 11) is 0. The summed E-state index contributed by atoms with van der Waals surface area (Å²) in [5.41, 5.74) is 34.1. The van der Waals surface area contributed by atoms with E-state index in [1.807, 2.05) is 145 Å². The smallest absolute Gasteiger partial charge is 0.158 e. The zero-order valence-corrected chi connectivity index (χ0v) is 77.2. The molecule has 18 aromatic carbocycles. The topological polar surface area (TPSA) is 76.0 Å². The van der Waals surface area contributed by atoms with E-state index in [2.05, 4.69) is 341 Å². The predicted octanol–water partition coefficient (Wildman–Crippen LogP) is 35.3. The fourth-order valence-corrected chi connectivity index (χ4v) is 23.6. The maximum Gasteiger partial charge on any atom is 0.158 e. The van der Waals surface area contributed by atoms with Crippen LogP contribution in [0.2, 0.25) is 0 Å². The Balaban J connectivity index is 0.0000000861. The second-order valence-electron chi connectivity index (χ2n) is 36.6. The zero-order chi connectivity index (χ0) is 90.3. The average Bonchev–Trinajstić information content (AvgIpc) is 1.65. The molecule has 0 spiro atoms. The maximum absolute atomic E-state index is 6.15. The van der Waals surface area contributed by atoms with Crippen molar-refractivity contribution in [2.24, 2.45) is 0 Å². The minimum absolute atomic E-state index is 0.00837. The van der Waals surface area contributed by atoms with Gasteiger partial charge in [0.2, 0.25) is 0 Å². The molecule has 12 heterocycles. The normalized spacial score (nSPS) is 14.2. The molecular formula is C120H90N6O6S2. The SMILES string of the molecule is Cc1cc2c3c(c1)C(C)(C)c1ccccc1N3c1ccccc1C2(C)C.Cc1cc2c3c(c1)Oc1ccccc1N3c1ccccc1O2.Cc1cc2c3c(c1)Sc1ccccc1N3c1ccccc1S2.Cc1ccc2c(c1)c1cccc3c4ccccc4n2c31.Cc1ccc2c3c1Oc1ccccc1N3c1ccccc1O2.Cc1cccc2c1Oc1cccc3c1N2c1ccccc1O3. The molecule has 10 aliphatic rings. The van der Waals surface area contributed by atoms with Gasteiger partial charge in [0.15, 0.2) is 69.0 Å². The Morgan fingerprint density at radius 1 is 0.209 bits per heavy atom. The minimum Gasteiger partial charge on any atom is -0.453 e. The van der Waals surface area contributed by atoms with E-state index in [-0.39, 0.29) is 10.8 Å². The predicted molar refractivity (Wildman–Crippen MR) is 548 cm³/mol. The molecule has 2 aromatic heterocycles. The van der Waals surface area contributed by atoms with Crippen molar-refractivity contribution in [3.05, 3.63) is 420 Å². The molecule has 0 atom stereocenters. The van der Waals surface area contributed by atoms with Crippen LogP contribution in [0, 0.1) is 41.5 Å². The van der Waals surface area contributed by atoms with E-state index >= 15 is 0 Å². The summed E-state index contributed by atoms with van der Waals surface area (Å²) in [5.74, 6) is 10.2. The van der Waals surface area contributed by atoms with Crippen molar-refractivity contribution < 1.29 is 28.4 Å². The third-order valence-electron chi connectivity index (χ3n) is 27.3. The van der Waals surface area contributed by atoms with E-state index in [0.29, 0.717) is 0 Å². The van der Waals surface area contributed by atoms with Crippen LogP contribution in [-0.4, -0.2) is 4.40 Å². The number of fused-ring (bicyclic) bond motifs is 26. The van der Waals surface area contributed by atoms with Crippen LogP contribution in [0.1, 0.15) is 83.3 Å². The lowest BCUT2D eigenvalue weighted by Gasteiger charge is -2.49. The second kappa shape index (κ2) is 31.0. The molecule has 20 aromatic rings. The molecule has 0 radical (unpaired) electrons. The van der Waals surface area contributed by atoms with E-state index in [1.165, 1.54) is 131 Å². The fraction of sp³-hybridized carbons (Fsp3) is 0.100. The van der Waals surface area contributed by atoms with Gasteiger partial charge in [0.25, 0.3) is 0 Å². The number of para-hydroxylation sites is 18. The highest BCUT2D eigenvalue weighted by atomic mass is 32.2. The molecule has 0 saturated heterocycles. The molecule has 0 amide bonds. The lowest BCUT2D eigenvalue weighted by atomic mass is 9.66. The number of nitrogens with zero attached hydrogens (tertiary/aromatic N) is 6. The van der Waals surface area contributed by atoms with Crippen molar-refractivity contribution >= 4 is 147 Å². The number of aryl methyl sites for hydroxylation is 6. The van der Waals surface area contributed by atoms with Crippen molar-refractivity contribution in [1.82, 2.24) is 4.40 Å². The van der Waals surface area contributed by atoms with Crippen molar-refractivity contribution in [3.63, 3.8) is 0 Å². The van der Waals surface area contributed by atoms with Crippen LogP contribution in [0.15, 0.2) is 384 Å². The molecule has 10 aliphatic heterocycles. The molecule has 0 aliphatic carbocycles. The highest BCUT2D eigenvalue weighted by Gasteiger charge is 2.47. The van der Waals surface area contributed by atoms with Crippen LogP contribution >= 0.6 is 23.5 Å². The van der Waals surface area contributed by atoms with Gasteiger partial charge in [-0.25, -0.2) is 0 Å². The van der Waals surface area contributed by atoms with Gasteiger partial charge in [0.05, 0.1) is 84.8 Å². The van der Waals surface area contributed by atoms with Crippen molar-refractivity contribution in [3.8, 4) is 69.0 Å². The zero-order valence-electron chi connectivity index (χ0n) is 75.6. The minimum atomic E-state index is -0.00837. The highest BCUT2D eigenvalue weighted by Crippen LogP contribution is 2.67. The van der Waals surface area contributed by atoms with Gasteiger partial charge in [0.1, 0.15) is 17.1 Å². The number of rotatable bonds is 0. The van der Waals surface area contributed by atoms with E-state index in [4.69, 9.17) is 28.4 Å². The molecule has 0 unspecified atom stereocenters. The number of hydrogen-bond donors (Lipinski definition) is 0. The lowest BCUT2D eigenvalue weighted by Crippen LogP contribution is -2.38. The van der Waals surface area contributed by atoms with Crippen LogP contribution < -0.4 is 52.9 Å². The molecule has 14 heteroatoms. The molecule has 134 heavy (non-hydrogen) atoms. The van der Waals surface area contributed by atoms with E-state index < -0.39 is 0 Å². The standard InChI is InChI=1S/C25H25N.3C19H13NO2.C19H13NS2.C19H13N/c1-16-14-19-23-20(15-16)25(4,5)18-11-7-9-13-22(18)26(23)21-12-8-6-10-17(21)24(19,2)3;1-12-10-17-19-18(11-12)22-16-9-5-3-7-14(16)20(19)13-6-2-4-8-15(13)21-17;1-12-10-11-17-18-19(12)22-16-9-5-3-7-14(16)20(18)13-6-2-4-8-15(13)21-17;1-12-6-4-8-14-19(12)22-17-11-5-10-16-18(17)20(14)13-7-2-3-9-15(13)21-16;1-12-10-17-19-18(11-12)22-16-9-5-3-7-14(16)20(19)13-6-2-4-8-15(13)21-17;1-12-9-10-18-16(11-12)15-7-4-6-14-13-5-2-3-8-17(13)20(18)19(14)15/h6-15H,1-5H3;4*2-11H,1H3;2-11H,1H3. The summed E-state index contributed by atoms with van der Waals surface area (Å²) in [6.45, 7) is 22.2. The number of hydrogen-bond acceptors (Lipinski definition) is 13. The Kier molecular flexibility index (Phi) is 18.6.